The van der Waals surface area contributed by atoms with Gasteiger partial charge in [0.25, 0.3) is 0 Å². The lowest BCUT2D eigenvalue weighted by Crippen LogP contribution is -2.38. The standard InChI is InChI=1S/C13H20N4O2.2ClH/c1-10(14)13(18)16-9-11-2-3-12(15-8-11)17-4-6-19-7-5-17;;/h2-3,8,10H,4-7,9,14H2,1H3,(H,16,18);2*1H/t10-;;/m1../s1. The summed E-state index contributed by atoms with van der Waals surface area (Å²) < 4.78 is 5.30. The molecule has 1 saturated heterocycles. The van der Waals surface area contributed by atoms with Gasteiger partial charge in [-0.15, -0.1) is 24.8 Å². The lowest BCUT2D eigenvalue weighted by molar-refractivity contribution is -0.122. The third-order valence-electron chi connectivity index (χ3n) is 3.02. The molecule has 1 aromatic heterocycles. The number of halogens is 2. The largest absolute Gasteiger partial charge is 0.378 e. The molecule has 1 fully saturated rings. The van der Waals surface area contributed by atoms with Gasteiger partial charge < -0.3 is 20.7 Å². The van der Waals surface area contributed by atoms with Crippen LogP contribution in [0.3, 0.4) is 0 Å². The number of carbonyl (C=O) groups is 1. The fraction of sp³-hybridized carbons (Fsp3) is 0.538. The number of hydrogen-bond acceptors (Lipinski definition) is 5. The molecule has 1 aromatic rings. The Morgan fingerprint density at radius 2 is 2.10 bits per heavy atom. The zero-order chi connectivity index (χ0) is 13.7. The van der Waals surface area contributed by atoms with Gasteiger partial charge in [0.1, 0.15) is 5.82 Å². The molecule has 2 heterocycles. The first-order chi connectivity index (χ1) is 9.16. The van der Waals surface area contributed by atoms with E-state index in [2.05, 4.69) is 15.2 Å². The second-order valence-corrected chi connectivity index (χ2v) is 4.63. The van der Waals surface area contributed by atoms with Crippen LogP contribution >= 0.6 is 24.8 Å². The number of nitrogens with two attached hydrogens (primary N) is 1. The van der Waals surface area contributed by atoms with Crippen molar-refractivity contribution >= 4 is 36.5 Å². The lowest BCUT2D eigenvalue weighted by atomic mass is 10.2. The maximum absolute atomic E-state index is 11.4. The second kappa shape index (κ2) is 9.78. The maximum atomic E-state index is 11.4. The molecule has 0 aromatic carbocycles. The van der Waals surface area contributed by atoms with Crippen LogP contribution in [0.5, 0.6) is 0 Å². The molecule has 0 saturated carbocycles. The highest BCUT2D eigenvalue weighted by Crippen LogP contribution is 2.12. The number of nitrogens with one attached hydrogen (secondary N) is 1. The summed E-state index contributed by atoms with van der Waals surface area (Å²) in [5.41, 5.74) is 6.44. The minimum atomic E-state index is -0.486. The summed E-state index contributed by atoms with van der Waals surface area (Å²) in [6.45, 7) is 5.34. The van der Waals surface area contributed by atoms with E-state index in [1.807, 2.05) is 12.1 Å². The number of pyridine rings is 1. The Morgan fingerprint density at radius 1 is 1.43 bits per heavy atom. The summed E-state index contributed by atoms with van der Waals surface area (Å²) in [6, 6.07) is 3.46. The Morgan fingerprint density at radius 3 is 2.62 bits per heavy atom. The fourth-order valence-corrected chi connectivity index (χ4v) is 1.85. The summed E-state index contributed by atoms with van der Waals surface area (Å²) in [4.78, 5) is 18.0. The maximum Gasteiger partial charge on any atom is 0.236 e. The average molecular weight is 337 g/mol. The van der Waals surface area contributed by atoms with Gasteiger partial charge >= 0.3 is 0 Å². The summed E-state index contributed by atoms with van der Waals surface area (Å²) in [7, 11) is 0. The number of nitrogens with zero attached hydrogens (tertiary/aromatic N) is 2. The van der Waals surface area contributed by atoms with E-state index in [0.717, 1.165) is 37.7 Å². The number of hydrogen-bond donors (Lipinski definition) is 2. The van der Waals surface area contributed by atoms with E-state index in [0.29, 0.717) is 6.54 Å². The van der Waals surface area contributed by atoms with E-state index in [1.165, 1.54) is 0 Å². The van der Waals surface area contributed by atoms with Crippen molar-refractivity contribution < 1.29 is 9.53 Å². The molecule has 1 aliphatic rings. The fourth-order valence-electron chi connectivity index (χ4n) is 1.85. The van der Waals surface area contributed by atoms with E-state index < -0.39 is 6.04 Å². The van der Waals surface area contributed by atoms with E-state index in [1.54, 1.807) is 13.1 Å². The molecule has 1 atom stereocenters. The topological polar surface area (TPSA) is 80.5 Å². The van der Waals surface area contributed by atoms with E-state index in [-0.39, 0.29) is 30.7 Å². The molecular weight excluding hydrogens is 315 g/mol. The molecule has 0 radical (unpaired) electrons. The van der Waals surface area contributed by atoms with Gasteiger partial charge in [-0.2, -0.15) is 0 Å². The Hall–Kier alpha value is -1.08. The van der Waals surface area contributed by atoms with Gasteiger partial charge in [0.05, 0.1) is 19.3 Å². The molecular formula is C13H22Cl2N4O2. The van der Waals surface area contributed by atoms with Crippen molar-refractivity contribution in [3.05, 3.63) is 23.9 Å². The van der Waals surface area contributed by atoms with Crippen molar-refractivity contribution in [2.45, 2.75) is 19.5 Å². The first kappa shape index (κ1) is 19.9. The average Bonchev–Trinajstić information content (AvgIpc) is 2.46. The summed E-state index contributed by atoms with van der Waals surface area (Å²) in [5, 5.41) is 2.76. The van der Waals surface area contributed by atoms with Gasteiger partial charge in [-0.25, -0.2) is 4.98 Å². The minimum absolute atomic E-state index is 0. The molecule has 0 aliphatic carbocycles. The Balaban J connectivity index is 0.00000200. The van der Waals surface area contributed by atoms with Crippen LogP contribution in [0.15, 0.2) is 18.3 Å². The van der Waals surface area contributed by atoms with Crippen LogP contribution in [-0.2, 0) is 16.1 Å². The quantitative estimate of drug-likeness (QED) is 0.847. The molecule has 8 heteroatoms. The van der Waals surface area contributed by atoms with Crippen LogP contribution < -0.4 is 16.0 Å². The highest BCUT2D eigenvalue weighted by atomic mass is 35.5. The van der Waals surface area contributed by atoms with Crippen molar-refractivity contribution in [2.75, 3.05) is 31.2 Å². The molecule has 3 N–H and O–H groups in total. The summed E-state index contributed by atoms with van der Waals surface area (Å²) in [5.74, 6) is 0.794. The molecule has 1 amide bonds. The van der Waals surface area contributed by atoms with Gasteiger partial charge in [-0.3, -0.25) is 4.79 Å². The number of amides is 1. The number of morpholine rings is 1. The van der Waals surface area contributed by atoms with Gasteiger partial charge in [-0.05, 0) is 18.6 Å². The number of rotatable bonds is 4. The third kappa shape index (κ3) is 6.05. The van der Waals surface area contributed by atoms with Crippen LogP contribution in [0.2, 0.25) is 0 Å². The lowest BCUT2D eigenvalue weighted by Gasteiger charge is -2.27. The van der Waals surface area contributed by atoms with E-state index >= 15 is 0 Å². The molecule has 21 heavy (non-hydrogen) atoms. The molecule has 0 spiro atoms. The summed E-state index contributed by atoms with van der Waals surface area (Å²) >= 11 is 0. The van der Waals surface area contributed by atoms with E-state index in [9.17, 15) is 4.79 Å². The number of anilines is 1. The molecule has 2 rings (SSSR count). The van der Waals surface area contributed by atoms with E-state index in [4.69, 9.17) is 10.5 Å². The molecule has 120 valence electrons. The Bertz CT molecular complexity index is 423. The van der Waals surface area contributed by atoms with Crippen LogP contribution in [0.4, 0.5) is 5.82 Å². The Labute approximate surface area is 137 Å². The number of aromatic nitrogens is 1. The second-order valence-electron chi connectivity index (χ2n) is 4.63. The highest BCUT2D eigenvalue weighted by molar-refractivity contribution is 5.85. The van der Waals surface area contributed by atoms with Gasteiger partial charge in [0.2, 0.25) is 5.91 Å². The zero-order valence-corrected chi connectivity index (χ0v) is 13.6. The van der Waals surface area contributed by atoms with Crippen molar-refractivity contribution in [3.63, 3.8) is 0 Å². The monoisotopic (exact) mass is 336 g/mol. The van der Waals surface area contributed by atoms with Crippen molar-refractivity contribution in [3.8, 4) is 0 Å². The minimum Gasteiger partial charge on any atom is -0.378 e. The van der Waals surface area contributed by atoms with Crippen LogP contribution in [0, 0.1) is 0 Å². The first-order valence-corrected chi connectivity index (χ1v) is 6.48. The number of ether oxygens (including phenoxy) is 1. The normalized spacial score (nSPS) is 15.4. The van der Waals surface area contributed by atoms with Crippen LogP contribution in [-0.4, -0.2) is 43.2 Å². The van der Waals surface area contributed by atoms with Crippen molar-refractivity contribution in [1.29, 1.82) is 0 Å². The smallest absolute Gasteiger partial charge is 0.236 e. The molecule has 1 aliphatic heterocycles. The summed E-state index contributed by atoms with van der Waals surface area (Å²) in [6.07, 6.45) is 1.78. The first-order valence-electron chi connectivity index (χ1n) is 6.48. The van der Waals surface area contributed by atoms with Gasteiger partial charge in [-0.1, -0.05) is 6.07 Å². The molecule has 0 unspecified atom stereocenters. The zero-order valence-electron chi connectivity index (χ0n) is 11.9. The van der Waals surface area contributed by atoms with Gasteiger partial charge in [0.15, 0.2) is 0 Å². The number of carbonyl (C=O) groups excluding carboxylic acids is 1. The van der Waals surface area contributed by atoms with Crippen molar-refractivity contribution in [2.24, 2.45) is 5.73 Å². The SMILES string of the molecule is C[C@@H](N)C(=O)NCc1ccc(N2CCOCC2)nc1.Cl.Cl. The molecule has 6 nitrogen and oxygen atoms in total. The van der Waals surface area contributed by atoms with Crippen LogP contribution in [0.1, 0.15) is 12.5 Å². The highest BCUT2D eigenvalue weighted by Gasteiger charge is 2.12. The predicted molar refractivity (Wildman–Crippen MR) is 87.3 cm³/mol. The van der Waals surface area contributed by atoms with Gasteiger partial charge in [0, 0.05) is 25.8 Å². The molecule has 0 bridgehead atoms. The predicted octanol–water partition coefficient (Wildman–Crippen LogP) is 0.725. The van der Waals surface area contributed by atoms with Crippen molar-refractivity contribution in [1.82, 2.24) is 10.3 Å². The van der Waals surface area contributed by atoms with Crippen LogP contribution in [0.25, 0.3) is 0 Å². The Kier molecular flexibility index (Phi) is 9.28. The third-order valence-corrected chi connectivity index (χ3v) is 3.02.